The van der Waals surface area contributed by atoms with Crippen molar-refractivity contribution >= 4 is 22.7 Å². The highest BCUT2D eigenvalue weighted by atomic mass is 32.2. The summed E-state index contributed by atoms with van der Waals surface area (Å²) in [4.78, 5) is 7.92. The van der Waals surface area contributed by atoms with Gasteiger partial charge in [-0.1, -0.05) is 66.3 Å². The quantitative estimate of drug-likeness (QED) is 0.327. The number of aromatic nitrogens is 6. The fourth-order valence-electron chi connectivity index (χ4n) is 3.92. The highest BCUT2D eigenvalue weighted by Gasteiger charge is 2.31. The van der Waals surface area contributed by atoms with Gasteiger partial charge in [-0.2, -0.15) is 4.98 Å². The third-order valence-electron chi connectivity index (χ3n) is 5.82. The van der Waals surface area contributed by atoms with Crippen molar-refractivity contribution in [2.24, 2.45) is 0 Å². The van der Waals surface area contributed by atoms with E-state index in [1.165, 1.54) is 5.56 Å². The summed E-state index contributed by atoms with van der Waals surface area (Å²) in [5.74, 6) is 2.67. The van der Waals surface area contributed by atoms with Crippen molar-refractivity contribution in [1.29, 1.82) is 0 Å². The summed E-state index contributed by atoms with van der Waals surface area (Å²) in [7, 11) is 0. The maximum Gasteiger partial charge on any atom is 0.237 e. The van der Waals surface area contributed by atoms with Gasteiger partial charge in [0.15, 0.2) is 11.0 Å². The van der Waals surface area contributed by atoms with Gasteiger partial charge >= 0.3 is 0 Å². The summed E-state index contributed by atoms with van der Waals surface area (Å²) in [6.07, 6.45) is 5.34. The Morgan fingerprint density at radius 2 is 1.94 bits per heavy atom. The van der Waals surface area contributed by atoms with Gasteiger partial charge in [-0.15, -0.1) is 10.2 Å². The predicted molar refractivity (Wildman–Crippen MR) is 124 cm³/mol. The molecule has 0 amide bonds. The molecule has 5 aromatic rings. The Labute approximate surface area is 189 Å². The maximum atomic E-state index is 5.51. The molecule has 6 rings (SSSR count). The number of rotatable bonds is 7. The first-order valence-corrected chi connectivity index (χ1v) is 11.8. The third-order valence-corrected chi connectivity index (χ3v) is 6.75. The number of hydrogen-bond donors (Lipinski definition) is 1. The Hall–Kier alpha value is -3.39. The fraction of sp³-hybridized carbons (Fsp3) is 0.250. The second-order valence-electron chi connectivity index (χ2n) is 8.01. The van der Waals surface area contributed by atoms with Crippen LogP contribution in [0.2, 0.25) is 0 Å². The van der Waals surface area contributed by atoms with Crippen LogP contribution < -0.4 is 0 Å². The van der Waals surface area contributed by atoms with Crippen LogP contribution in [-0.4, -0.2) is 29.9 Å². The van der Waals surface area contributed by atoms with Crippen LogP contribution in [0.5, 0.6) is 0 Å². The van der Waals surface area contributed by atoms with E-state index in [1.54, 1.807) is 11.8 Å². The lowest BCUT2D eigenvalue weighted by molar-refractivity contribution is 0.391. The van der Waals surface area contributed by atoms with Gasteiger partial charge in [0.1, 0.15) is 0 Å². The van der Waals surface area contributed by atoms with Crippen LogP contribution in [-0.2, 0) is 12.2 Å². The number of nitrogens with one attached hydrogen (secondary N) is 1. The summed E-state index contributed by atoms with van der Waals surface area (Å²) in [6.45, 7) is 2.14. The Morgan fingerprint density at radius 1 is 1.09 bits per heavy atom. The van der Waals surface area contributed by atoms with Crippen LogP contribution in [0.4, 0.5) is 0 Å². The summed E-state index contributed by atoms with van der Waals surface area (Å²) < 4.78 is 7.77. The molecule has 0 spiro atoms. The van der Waals surface area contributed by atoms with Gasteiger partial charge in [-0.05, 0) is 30.9 Å². The Morgan fingerprint density at radius 3 is 2.75 bits per heavy atom. The van der Waals surface area contributed by atoms with E-state index >= 15 is 0 Å². The highest BCUT2D eigenvalue weighted by Crippen LogP contribution is 2.42. The fourth-order valence-corrected chi connectivity index (χ4v) is 4.77. The van der Waals surface area contributed by atoms with Crippen molar-refractivity contribution in [3.63, 3.8) is 0 Å². The largest absolute Gasteiger partial charge is 0.360 e. The number of aromatic amines is 1. The van der Waals surface area contributed by atoms with Gasteiger partial charge in [0.2, 0.25) is 11.7 Å². The zero-order chi connectivity index (χ0) is 21.5. The zero-order valence-electron chi connectivity index (χ0n) is 17.7. The van der Waals surface area contributed by atoms with Crippen molar-refractivity contribution in [2.45, 2.75) is 43.1 Å². The number of fused-ring (bicyclic) bond motifs is 1. The van der Waals surface area contributed by atoms with Crippen LogP contribution >= 0.6 is 11.8 Å². The molecule has 32 heavy (non-hydrogen) atoms. The Kier molecular flexibility index (Phi) is 4.79. The van der Waals surface area contributed by atoms with Crippen LogP contribution in [0.1, 0.15) is 37.3 Å². The lowest BCUT2D eigenvalue weighted by Crippen LogP contribution is -1.99. The minimum atomic E-state index is 0.450. The summed E-state index contributed by atoms with van der Waals surface area (Å²) in [5.41, 5.74) is 4.44. The number of thioether (sulfide) groups is 1. The van der Waals surface area contributed by atoms with E-state index < -0.39 is 0 Å². The van der Waals surface area contributed by atoms with Gasteiger partial charge < -0.3 is 9.51 Å². The Balaban J connectivity index is 1.24. The van der Waals surface area contributed by atoms with Gasteiger partial charge in [0.25, 0.3) is 0 Å². The predicted octanol–water partition coefficient (Wildman–Crippen LogP) is 5.67. The lowest BCUT2D eigenvalue weighted by Gasteiger charge is -2.07. The summed E-state index contributed by atoms with van der Waals surface area (Å²) in [5, 5.41) is 15.3. The Bertz CT molecular complexity index is 1380. The van der Waals surface area contributed by atoms with Crippen LogP contribution in [0, 0.1) is 0 Å². The molecule has 0 aliphatic heterocycles. The van der Waals surface area contributed by atoms with Crippen molar-refractivity contribution in [3.8, 4) is 22.8 Å². The third kappa shape index (κ3) is 3.50. The smallest absolute Gasteiger partial charge is 0.237 e. The molecule has 1 fully saturated rings. The lowest BCUT2D eigenvalue weighted by atomic mass is 10.1. The molecular weight excluding hydrogens is 420 g/mol. The first-order valence-electron chi connectivity index (χ1n) is 10.9. The van der Waals surface area contributed by atoms with Gasteiger partial charge in [-0.3, -0.25) is 4.57 Å². The topological polar surface area (TPSA) is 85.4 Å². The molecule has 0 bridgehead atoms. The minimum Gasteiger partial charge on any atom is -0.360 e. The van der Waals surface area contributed by atoms with Crippen molar-refractivity contribution < 1.29 is 4.52 Å². The number of hydrogen-bond acceptors (Lipinski definition) is 6. The second-order valence-corrected chi connectivity index (χ2v) is 8.95. The van der Waals surface area contributed by atoms with Crippen LogP contribution in [0.25, 0.3) is 33.7 Å². The number of aryl methyl sites for hydroxylation is 1. The first-order chi connectivity index (χ1) is 15.8. The van der Waals surface area contributed by atoms with E-state index in [4.69, 9.17) is 4.52 Å². The molecule has 8 heteroatoms. The molecule has 1 N–H and O–H groups in total. The summed E-state index contributed by atoms with van der Waals surface area (Å²) >= 11 is 1.59. The molecular formula is C24H22N6OS. The molecule has 2 aromatic carbocycles. The molecule has 1 aliphatic carbocycles. The van der Waals surface area contributed by atoms with E-state index in [-0.39, 0.29) is 0 Å². The number of benzene rings is 2. The van der Waals surface area contributed by atoms with Crippen molar-refractivity contribution in [2.75, 3.05) is 0 Å². The monoisotopic (exact) mass is 442 g/mol. The van der Waals surface area contributed by atoms with Gasteiger partial charge in [0.05, 0.1) is 5.75 Å². The van der Waals surface area contributed by atoms with Gasteiger partial charge in [0, 0.05) is 34.3 Å². The SMILES string of the molecule is CCc1ccc(-c2noc(CSc3nnc(-c4c[nH]c5ccccc45)n3C3CC3)n2)cc1. The number of para-hydroxylation sites is 1. The van der Waals surface area contributed by atoms with E-state index in [1.807, 2.05) is 24.4 Å². The molecule has 0 saturated heterocycles. The maximum absolute atomic E-state index is 5.51. The molecule has 0 atom stereocenters. The van der Waals surface area contributed by atoms with Crippen molar-refractivity contribution in [1.82, 2.24) is 29.9 Å². The summed E-state index contributed by atoms with van der Waals surface area (Å²) in [6, 6.07) is 17.0. The molecule has 0 radical (unpaired) electrons. The highest BCUT2D eigenvalue weighted by molar-refractivity contribution is 7.98. The minimum absolute atomic E-state index is 0.450. The normalized spacial score (nSPS) is 13.8. The molecule has 160 valence electrons. The van der Waals surface area contributed by atoms with Gasteiger partial charge in [-0.25, -0.2) is 0 Å². The van der Waals surface area contributed by atoms with Crippen LogP contribution in [0.3, 0.4) is 0 Å². The van der Waals surface area contributed by atoms with Crippen molar-refractivity contribution in [3.05, 3.63) is 66.2 Å². The number of H-pyrrole nitrogens is 1. The van der Waals surface area contributed by atoms with E-state index in [0.717, 1.165) is 52.3 Å². The molecule has 0 unspecified atom stereocenters. The molecule has 7 nitrogen and oxygen atoms in total. The zero-order valence-corrected chi connectivity index (χ0v) is 18.5. The van der Waals surface area contributed by atoms with Crippen LogP contribution in [0.15, 0.2) is 64.4 Å². The molecule has 3 aromatic heterocycles. The second kappa shape index (κ2) is 7.94. The average Bonchev–Trinajstić information content (AvgIpc) is 3.24. The van der Waals surface area contributed by atoms with E-state index in [9.17, 15) is 0 Å². The van der Waals surface area contributed by atoms with E-state index in [2.05, 4.69) is 67.1 Å². The van der Waals surface area contributed by atoms with E-state index in [0.29, 0.717) is 23.5 Å². The molecule has 1 saturated carbocycles. The standard InChI is InChI=1S/C24H22N6OS/c1-2-15-7-9-16(10-8-15)22-26-21(31-29-22)14-32-24-28-27-23(30(24)17-11-12-17)19-13-25-20-6-4-3-5-18(19)20/h3-10,13,17,25H,2,11-12,14H2,1H3. The number of nitrogens with zero attached hydrogens (tertiary/aromatic N) is 5. The first kappa shape index (κ1) is 19.3. The average molecular weight is 443 g/mol. The molecule has 1 aliphatic rings. The molecule has 3 heterocycles.